The molecule has 0 bridgehead atoms. The number of hydrogen-bond acceptors (Lipinski definition) is 6. The quantitative estimate of drug-likeness (QED) is 0.525. The van der Waals surface area contributed by atoms with E-state index in [2.05, 4.69) is 25.3 Å². The van der Waals surface area contributed by atoms with Crippen LogP contribution in [-0.2, 0) is 6.54 Å². The zero-order valence-corrected chi connectivity index (χ0v) is 16.0. The highest BCUT2D eigenvalue weighted by molar-refractivity contribution is 5.97. The molecule has 0 fully saturated rings. The maximum absolute atomic E-state index is 14.2. The lowest BCUT2D eigenvalue weighted by molar-refractivity contribution is 0.266. The molecule has 2 atom stereocenters. The minimum Gasteiger partial charge on any atom is -0.394 e. The van der Waals surface area contributed by atoms with Gasteiger partial charge in [-0.05, 0) is 23.8 Å². The largest absolute Gasteiger partial charge is 0.394 e. The number of nitrogens with zero attached hydrogens (tertiary/aromatic N) is 5. The number of H-pyrrole nitrogens is 1. The Morgan fingerprint density at radius 3 is 2.71 bits per heavy atom. The molecule has 2 unspecified atom stereocenters. The van der Waals surface area contributed by atoms with Crippen molar-refractivity contribution < 1.29 is 13.9 Å². The Labute approximate surface area is 173 Å². The smallest absolute Gasteiger partial charge is 0.272 e. The molecule has 1 aliphatic rings. The van der Waals surface area contributed by atoms with Gasteiger partial charge < -0.3 is 5.11 Å². The van der Waals surface area contributed by atoms with Gasteiger partial charge in [0.1, 0.15) is 23.8 Å². The van der Waals surface area contributed by atoms with Crippen LogP contribution in [-0.4, -0.2) is 42.9 Å². The van der Waals surface area contributed by atoms with Crippen molar-refractivity contribution in [1.82, 2.24) is 25.0 Å². The molecule has 8 nitrogen and oxygen atoms in total. The fourth-order valence-electron chi connectivity index (χ4n) is 4.04. The lowest BCUT2D eigenvalue weighted by Gasteiger charge is -2.23. The molecule has 0 radical (unpaired) electrons. The summed E-state index contributed by atoms with van der Waals surface area (Å²) < 4.78 is 29.3. The Morgan fingerprint density at radius 1 is 1.13 bits per heavy atom. The van der Waals surface area contributed by atoms with Gasteiger partial charge in [0.25, 0.3) is 5.56 Å². The third kappa shape index (κ3) is 3.21. The topological polar surface area (TPSA) is 109 Å². The molecule has 2 N–H and O–H groups in total. The lowest BCUT2D eigenvalue weighted by Crippen LogP contribution is -2.23. The van der Waals surface area contributed by atoms with E-state index in [9.17, 15) is 18.7 Å². The van der Waals surface area contributed by atoms with E-state index >= 15 is 0 Å². The normalized spacial score (nSPS) is 17.8. The fourth-order valence-corrected chi connectivity index (χ4v) is 4.04. The van der Waals surface area contributed by atoms with Crippen molar-refractivity contribution in [2.75, 3.05) is 6.61 Å². The summed E-state index contributed by atoms with van der Waals surface area (Å²) in [5.41, 5.74) is 0.892. The fraction of sp³-hybridized carbons (Fsp3) is 0.190. The van der Waals surface area contributed by atoms with Crippen molar-refractivity contribution >= 4 is 22.7 Å². The van der Waals surface area contributed by atoms with Gasteiger partial charge >= 0.3 is 0 Å². The Hall–Kier alpha value is -3.79. The van der Waals surface area contributed by atoms with Crippen LogP contribution in [0, 0.1) is 11.6 Å². The molecule has 156 valence electrons. The van der Waals surface area contributed by atoms with Crippen LogP contribution < -0.4 is 5.56 Å². The van der Waals surface area contributed by atoms with Gasteiger partial charge in [0.2, 0.25) is 0 Å². The van der Waals surface area contributed by atoms with E-state index in [1.807, 2.05) is 0 Å². The number of aliphatic hydroxyl groups is 1. The molecule has 3 heterocycles. The zero-order chi connectivity index (χ0) is 21.5. The highest BCUT2D eigenvalue weighted by Crippen LogP contribution is 2.43. The molecule has 0 aliphatic carbocycles. The number of rotatable bonds is 4. The van der Waals surface area contributed by atoms with Crippen LogP contribution in [0.3, 0.4) is 0 Å². The van der Waals surface area contributed by atoms with Gasteiger partial charge in [-0.25, -0.2) is 23.5 Å². The third-order valence-electron chi connectivity index (χ3n) is 5.38. The summed E-state index contributed by atoms with van der Waals surface area (Å²) in [6.07, 6.45) is 2.99. The number of aromatic amines is 1. The summed E-state index contributed by atoms with van der Waals surface area (Å²) in [5.74, 6) is -1.56. The summed E-state index contributed by atoms with van der Waals surface area (Å²) in [7, 11) is 0. The first kappa shape index (κ1) is 19.2. The summed E-state index contributed by atoms with van der Waals surface area (Å²) in [5, 5.41) is 20.9. The molecule has 0 saturated heterocycles. The van der Waals surface area contributed by atoms with Crippen LogP contribution >= 0.6 is 0 Å². The number of halogens is 2. The van der Waals surface area contributed by atoms with Crippen LogP contribution in [0.2, 0.25) is 0 Å². The van der Waals surface area contributed by atoms with Crippen molar-refractivity contribution in [2.45, 2.75) is 18.4 Å². The summed E-state index contributed by atoms with van der Waals surface area (Å²) >= 11 is 0. The first-order chi connectivity index (χ1) is 15.1. The van der Waals surface area contributed by atoms with E-state index in [1.165, 1.54) is 24.5 Å². The molecular weight excluding hydrogens is 406 g/mol. The van der Waals surface area contributed by atoms with Crippen molar-refractivity contribution in [2.24, 2.45) is 4.99 Å². The molecule has 0 spiro atoms. The van der Waals surface area contributed by atoms with Gasteiger partial charge in [0, 0.05) is 23.6 Å². The minimum atomic E-state index is -0.595. The number of aliphatic imine (C=N–C) groups is 1. The average Bonchev–Trinajstić information content (AvgIpc) is 3.14. The van der Waals surface area contributed by atoms with E-state index < -0.39 is 23.2 Å². The number of aromatic nitrogens is 5. The molecule has 31 heavy (non-hydrogen) atoms. The molecule has 4 aromatic rings. The molecule has 0 amide bonds. The van der Waals surface area contributed by atoms with Gasteiger partial charge in [0.05, 0.1) is 35.8 Å². The van der Waals surface area contributed by atoms with Crippen molar-refractivity contribution in [3.8, 4) is 0 Å². The molecule has 10 heteroatoms. The number of benzene rings is 2. The van der Waals surface area contributed by atoms with Gasteiger partial charge in [-0.2, -0.15) is 10.2 Å². The first-order valence-corrected chi connectivity index (χ1v) is 9.57. The van der Waals surface area contributed by atoms with Gasteiger partial charge in [-0.15, -0.1) is 0 Å². The predicted octanol–water partition coefficient (Wildman–Crippen LogP) is 2.42. The van der Waals surface area contributed by atoms with E-state index in [0.717, 1.165) is 11.6 Å². The summed E-state index contributed by atoms with van der Waals surface area (Å²) in [6, 6.07) is 8.33. The van der Waals surface area contributed by atoms with Crippen molar-refractivity contribution in [3.63, 3.8) is 0 Å². The van der Waals surface area contributed by atoms with Crippen LogP contribution in [0.15, 0.2) is 52.5 Å². The second-order valence-electron chi connectivity index (χ2n) is 7.18. The van der Waals surface area contributed by atoms with Crippen molar-refractivity contribution in [3.05, 3.63) is 81.8 Å². The van der Waals surface area contributed by atoms with Gasteiger partial charge in [-0.3, -0.25) is 9.79 Å². The van der Waals surface area contributed by atoms with Gasteiger partial charge in [-0.1, -0.05) is 12.1 Å². The zero-order valence-electron chi connectivity index (χ0n) is 16.0. The molecule has 5 rings (SSSR count). The SMILES string of the molecule is O=c1[nH]nc2c3c(cc(F)cc13)N=CC(c1ccc(F)cc1)C2c1ncnn1CCO. The number of nitrogens with one attached hydrogen (secondary N) is 1. The Morgan fingerprint density at radius 2 is 1.94 bits per heavy atom. The second-order valence-corrected chi connectivity index (χ2v) is 7.18. The van der Waals surface area contributed by atoms with E-state index in [1.54, 1.807) is 23.0 Å². The molecular formula is C21H16F2N6O2. The Kier molecular flexibility index (Phi) is 4.63. The number of hydrogen-bond donors (Lipinski definition) is 2. The molecule has 2 aromatic carbocycles. The van der Waals surface area contributed by atoms with E-state index in [-0.39, 0.29) is 30.0 Å². The molecule has 1 aliphatic heterocycles. The monoisotopic (exact) mass is 422 g/mol. The van der Waals surface area contributed by atoms with Crippen LogP contribution in [0.5, 0.6) is 0 Å². The highest BCUT2D eigenvalue weighted by atomic mass is 19.1. The lowest BCUT2D eigenvalue weighted by atomic mass is 9.83. The van der Waals surface area contributed by atoms with Gasteiger partial charge in [0.15, 0.2) is 0 Å². The van der Waals surface area contributed by atoms with Crippen molar-refractivity contribution in [1.29, 1.82) is 0 Å². The minimum absolute atomic E-state index is 0.120. The first-order valence-electron chi connectivity index (χ1n) is 9.57. The third-order valence-corrected chi connectivity index (χ3v) is 5.38. The Bertz CT molecular complexity index is 1360. The second kappa shape index (κ2) is 7.47. The average molecular weight is 422 g/mol. The van der Waals surface area contributed by atoms with E-state index in [4.69, 9.17) is 0 Å². The number of aliphatic hydroxyl groups excluding tert-OH is 1. The highest BCUT2D eigenvalue weighted by Gasteiger charge is 2.35. The Balaban J connectivity index is 1.83. The standard InChI is InChI=1S/C21H16F2N6O2/c22-12-3-1-11(2-4-12)15-9-24-16-8-13(23)7-14-17(16)19(27-28-21(14)31)18(15)20-25-10-26-29(20)5-6-30/h1-4,7-10,15,18,30H,5-6H2,(H,28,31). The maximum Gasteiger partial charge on any atom is 0.272 e. The molecule has 0 saturated carbocycles. The van der Waals surface area contributed by atoms with Crippen LogP contribution in [0.4, 0.5) is 14.5 Å². The summed E-state index contributed by atoms with van der Waals surface area (Å²) in [6.45, 7) is 0.0382. The maximum atomic E-state index is 14.2. The predicted molar refractivity (Wildman–Crippen MR) is 109 cm³/mol. The molecule has 2 aromatic heterocycles. The van der Waals surface area contributed by atoms with Crippen LogP contribution in [0.1, 0.15) is 28.9 Å². The van der Waals surface area contributed by atoms with E-state index in [0.29, 0.717) is 16.9 Å². The summed E-state index contributed by atoms with van der Waals surface area (Å²) in [4.78, 5) is 21.3. The van der Waals surface area contributed by atoms with Crippen LogP contribution in [0.25, 0.3) is 10.8 Å².